The van der Waals surface area contributed by atoms with E-state index in [1.54, 1.807) is 29.2 Å². The average molecular weight is 396 g/mol. The van der Waals surface area contributed by atoms with Gasteiger partial charge in [0, 0.05) is 24.0 Å². The van der Waals surface area contributed by atoms with Crippen molar-refractivity contribution in [2.24, 2.45) is 5.73 Å². The van der Waals surface area contributed by atoms with Crippen molar-refractivity contribution in [1.29, 1.82) is 0 Å². The Morgan fingerprint density at radius 1 is 1.29 bits per heavy atom. The number of hydrogen-bond donors (Lipinski definition) is 2. The molecule has 152 valence electrons. The maximum atomic E-state index is 12.9. The fourth-order valence-corrected chi connectivity index (χ4v) is 3.20. The third-order valence-electron chi connectivity index (χ3n) is 4.65. The van der Waals surface area contributed by atoms with Crippen LogP contribution in [0.2, 0.25) is 0 Å². The van der Waals surface area contributed by atoms with Gasteiger partial charge in [-0.1, -0.05) is 0 Å². The van der Waals surface area contributed by atoms with Crippen LogP contribution in [-0.2, 0) is 19.1 Å². The van der Waals surface area contributed by atoms with Crippen LogP contribution in [0.25, 0.3) is 0 Å². The number of rotatable bonds is 8. The third kappa shape index (κ3) is 4.82. The number of morpholine rings is 1. The Labute approximate surface area is 160 Å². The lowest BCUT2D eigenvalue weighted by Gasteiger charge is -2.28. The van der Waals surface area contributed by atoms with E-state index in [1.165, 1.54) is 4.90 Å². The summed E-state index contributed by atoms with van der Waals surface area (Å²) in [6, 6.07) is 4.73. The van der Waals surface area contributed by atoms with E-state index in [0.717, 1.165) is 0 Å². The van der Waals surface area contributed by atoms with E-state index >= 15 is 0 Å². The Kier molecular flexibility index (Phi) is 6.20. The zero-order chi connectivity index (χ0) is 20.3. The van der Waals surface area contributed by atoms with Crippen molar-refractivity contribution in [1.82, 2.24) is 4.90 Å². The highest BCUT2D eigenvalue weighted by molar-refractivity contribution is 6.09. The van der Waals surface area contributed by atoms with Gasteiger partial charge in [-0.2, -0.15) is 0 Å². The molecule has 1 aliphatic carbocycles. The molecule has 1 saturated carbocycles. The number of alkyl halides is 2. The number of nitrogens with zero attached hydrogens (tertiary/aromatic N) is 2. The minimum Gasteiger partial charge on any atom is -0.370 e. The highest BCUT2D eigenvalue weighted by Crippen LogP contribution is 2.30. The van der Waals surface area contributed by atoms with Gasteiger partial charge in [0.15, 0.2) is 6.04 Å². The molecule has 10 heteroatoms. The number of halogens is 2. The van der Waals surface area contributed by atoms with E-state index in [-0.39, 0.29) is 18.6 Å². The molecule has 3 amide bonds. The van der Waals surface area contributed by atoms with Gasteiger partial charge in [0.25, 0.3) is 18.2 Å². The molecule has 3 N–H and O–H groups in total. The van der Waals surface area contributed by atoms with Crippen LogP contribution >= 0.6 is 0 Å². The molecule has 0 bridgehead atoms. The first kappa shape index (κ1) is 20.2. The summed E-state index contributed by atoms with van der Waals surface area (Å²) in [6.07, 6.45) is -1.39. The smallest absolute Gasteiger partial charge is 0.253 e. The summed E-state index contributed by atoms with van der Waals surface area (Å²) in [6.45, 7) is 0.188. The van der Waals surface area contributed by atoms with Crippen molar-refractivity contribution < 1.29 is 27.9 Å². The van der Waals surface area contributed by atoms with Gasteiger partial charge in [-0.15, -0.1) is 0 Å². The maximum Gasteiger partial charge on any atom is 0.253 e. The number of anilines is 2. The van der Waals surface area contributed by atoms with Crippen LogP contribution in [0.3, 0.4) is 0 Å². The zero-order valence-electron chi connectivity index (χ0n) is 15.1. The molecule has 0 aromatic heterocycles. The number of ether oxygens (including phenoxy) is 1. The molecule has 1 aromatic rings. The number of carbonyl (C=O) groups is 3. The number of nitrogens with one attached hydrogen (secondary N) is 1. The number of nitrogens with two attached hydrogens (primary N) is 1. The predicted molar refractivity (Wildman–Crippen MR) is 97.0 cm³/mol. The van der Waals surface area contributed by atoms with E-state index in [2.05, 4.69) is 5.32 Å². The van der Waals surface area contributed by atoms with Gasteiger partial charge in [0.1, 0.15) is 6.61 Å². The van der Waals surface area contributed by atoms with Gasteiger partial charge in [0.05, 0.1) is 13.2 Å². The minimum absolute atomic E-state index is 0.0138. The van der Waals surface area contributed by atoms with Gasteiger partial charge in [-0.05, 0) is 37.1 Å². The molecule has 1 aromatic carbocycles. The standard InChI is InChI=1S/C18H22F2N4O4/c19-14(20)9-24(13-5-6-13)16(17(21)26)18(27)22-11-1-3-12(4-2-11)23-7-8-28-10-15(23)25/h1-4,13-14,16H,5-10H2,(H2,21,26)(H,22,27)/t16-/m0/s1. The Morgan fingerprint density at radius 3 is 2.50 bits per heavy atom. The van der Waals surface area contributed by atoms with Crippen LogP contribution in [0.1, 0.15) is 12.8 Å². The SMILES string of the molecule is NC(=O)[C@@H](C(=O)Nc1ccc(N2CCOCC2=O)cc1)N(CC(F)F)C1CC1. The van der Waals surface area contributed by atoms with Crippen LogP contribution in [0.15, 0.2) is 24.3 Å². The van der Waals surface area contributed by atoms with Crippen LogP contribution in [-0.4, -0.2) is 67.4 Å². The monoisotopic (exact) mass is 396 g/mol. The molecule has 1 aliphatic heterocycles. The summed E-state index contributed by atoms with van der Waals surface area (Å²) in [5.41, 5.74) is 6.35. The van der Waals surface area contributed by atoms with Crippen molar-refractivity contribution in [3.05, 3.63) is 24.3 Å². The second kappa shape index (κ2) is 8.61. The van der Waals surface area contributed by atoms with Gasteiger partial charge >= 0.3 is 0 Å². The molecular weight excluding hydrogens is 374 g/mol. The third-order valence-corrected chi connectivity index (χ3v) is 4.65. The maximum absolute atomic E-state index is 12.9. The fourth-order valence-electron chi connectivity index (χ4n) is 3.20. The summed E-state index contributed by atoms with van der Waals surface area (Å²) < 4.78 is 30.8. The summed E-state index contributed by atoms with van der Waals surface area (Å²) in [7, 11) is 0. The molecule has 0 radical (unpaired) electrons. The highest BCUT2D eigenvalue weighted by Gasteiger charge is 2.41. The minimum atomic E-state index is -2.68. The molecular formula is C18H22F2N4O4. The number of hydrogen-bond acceptors (Lipinski definition) is 5. The Bertz CT molecular complexity index is 740. The predicted octanol–water partition coefficient (Wildman–Crippen LogP) is 0.572. The van der Waals surface area contributed by atoms with Crippen LogP contribution in [0, 0.1) is 0 Å². The highest BCUT2D eigenvalue weighted by atomic mass is 19.3. The van der Waals surface area contributed by atoms with Gasteiger partial charge in [0.2, 0.25) is 5.91 Å². The van der Waals surface area contributed by atoms with Crippen molar-refractivity contribution in [3.63, 3.8) is 0 Å². The average Bonchev–Trinajstić information content (AvgIpc) is 3.47. The quantitative estimate of drug-likeness (QED) is 0.625. The van der Waals surface area contributed by atoms with E-state index in [1.807, 2.05) is 0 Å². The summed E-state index contributed by atoms with van der Waals surface area (Å²) >= 11 is 0. The fraction of sp³-hybridized carbons (Fsp3) is 0.500. The molecule has 1 saturated heterocycles. The first-order valence-electron chi connectivity index (χ1n) is 8.99. The second-order valence-corrected chi connectivity index (χ2v) is 6.76. The first-order chi connectivity index (χ1) is 13.4. The molecule has 1 atom stereocenters. The second-order valence-electron chi connectivity index (χ2n) is 6.76. The number of primary amides is 1. The topological polar surface area (TPSA) is 105 Å². The molecule has 3 rings (SSSR count). The van der Waals surface area contributed by atoms with Crippen molar-refractivity contribution in [2.45, 2.75) is 31.4 Å². The van der Waals surface area contributed by atoms with Gasteiger partial charge in [-0.3, -0.25) is 19.3 Å². The summed E-state index contributed by atoms with van der Waals surface area (Å²) in [5, 5.41) is 2.55. The van der Waals surface area contributed by atoms with Gasteiger partial charge < -0.3 is 20.7 Å². The Morgan fingerprint density at radius 2 is 1.96 bits per heavy atom. The lowest BCUT2D eigenvalue weighted by Crippen LogP contribution is -2.54. The van der Waals surface area contributed by atoms with E-state index in [4.69, 9.17) is 10.5 Å². The summed E-state index contributed by atoms with van der Waals surface area (Å²) in [5.74, 6) is -1.89. The molecule has 1 heterocycles. The Balaban J connectivity index is 1.69. The van der Waals surface area contributed by atoms with E-state index < -0.39 is 30.8 Å². The van der Waals surface area contributed by atoms with Crippen LogP contribution in [0.5, 0.6) is 0 Å². The number of benzene rings is 1. The van der Waals surface area contributed by atoms with Gasteiger partial charge in [-0.25, -0.2) is 8.78 Å². The largest absolute Gasteiger partial charge is 0.370 e. The number of amides is 3. The molecule has 0 unspecified atom stereocenters. The zero-order valence-corrected chi connectivity index (χ0v) is 15.1. The Hall–Kier alpha value is -2.59. The lowest BCUT2D eigenvalue weighted by atomic mass is 10.2. The van der Waals surface area contributed by atoms with Crippen molar-refractivity contribution >= 4 is 29.1 Å². The summed E-state index contributed by atoms with van der Waals surface area (Å²) in [4.78, 5) is 39.0. The molecule has 28 heavy (non-hydrogen) atoms. The normalized spacial score (nSPS) is 18.4. The first-order valence-corrected chi connectivity index (χ1v) is 8.99. The van der Waals surface area contributed by atoms with Crippen LogP contribution < -0.4 is 16.0 Å². The lowest BCUT2D eigenvalue weighted by molar-refractivity contribution is -0.133. The van der Waals surface area contributed by atoms with Crippen molar-refractivity contribution in [3.8, 4) is 0 Å². The molecule has 0 spiro atoms. The number of carbonyl (C=O) groups excluding carboxylic acids is 3. The van der Waals surface area contributed by atoms with E-state index in [0.29, 0.717) is 37.4 Å². The van der Waals surface area contributed by atoms with Crippen LogP contribution in [0.4, 0.5) is 20.2 Å². The van der Waals surface area contributed by atoms with Crippen molar-refractivity contribution in [2.75, 3.05) is 36.5 Å². The molecule has 8 nitrogen and oxygen atoms in total. The van der Waals surface area contributed by atoms with E-state index in [9.17, 15) is 23.2 Å². The molecule has 2 fully saturated rings. The molecule has 2 aliphatic rings.